The number of nitrogens with one attached hydrogen (secondary N) is 2. The van der Waals surface area contributed by atoms with Crippen molar-refractivity contribution in [2.24, 2.45) is 0 Å². The van der Waals surface area contributed by atoms with Crippen LogP contribution in [0.4, 0.5) is 4.79 Å². The van der Waals surface area contributed by atoms with Gasteiger partial charge in [0, 0.05) is 23.0 Å². The lowest BCUT2D eigenvalue weighted by Gasteiger charge is -2.11. The van der Waals surface area contributed by atoms with E-state index >= 15 is 0 Å². The van der Waals surface area contributed by atoms with Gasteiger partial charge in [0.15, 0.2) is 0 Å². The molecule has 2 rings (SSSR count). The minimum atomic E-state index is -3.98. The first kappa shape index (κ1) is 16.1. The number of carbonyl (C=O) groups is 1. The van der Waals surface area contributed by atoms with E-state index in [0.29, 0.717) is 17.9 Å². The lowest BCUT2D eigenvalue weighted by atomic mass is 10.1. The molecule has 1 heterocycles. The number of hydrogen-bond acceptors (Lipinski definition) is 5. The van der Waals surface area contributed by atoms with Crippen LogP contribution in [0.2, 0.25) is 0 Å². The van der Waals surface area contributed by atoms with Crippen molar-refractivity contribution in [3.8, 4) is 5.75 Å². The molecule has 9 heteroatoms. The van der Waals surface area contributed by atoms with Gasteiger partial charge in [0.05, 0.1) is 13.2 Å². The predicted octanol–water partition coefficient (Wildman–Crippen LogP) is 1.46. The van der Waals surface area contributed by atoms with Crippen LogP contribution < -0.4 is 14.2 Å². The summed E-state index contributed by atoms with van der Waals surface area (Å²) in [6.45, 7) is 2.26. The van der Waals surface area contributed by atoms with Crippen LogP contribution in [0, 0.1) is 0 Å². The molecule has 116 valence electrons. The first-order valence-corrected chi connectivity index (χ1v) is 8.57. The minimum absolute atomic E-state index is 0.0104. The maximum atomic E-state index is 11.7. The molecule has 0 saturated carbocycles. The second kappa shape index (κ2) is 6.63. The van der Waals surface area contributed by atoms with Crippen LogP contribution in [0.5, 0.6) is 5.75 Å². The van der Waals surface area contributed by atoms with E-state index in [0.717, 1.165) is 16.5 Å². The third kappa shape index (κ3) is 4.32. The fourth-order valence-corrected chi connectivity index (χ4v) is 3.21. The number of fused-ring (bicyclic) bond motifs is 1. The fraction of sp³-hybridized carbons (Fsp3) is 0.417. The molecule has 7 nitrogen and oxygen atoms in total. The summed E-state index contributed by atoms with van der Waals surface area (Å²) in [7, 11) is -3.98. The summed E-state index contributed by atoms with van der Waals surface area (Å²) in [6.07, 6.45) is -0.226. The van der Waals surface area contributed by atoms with E-state index in [1.165, 1.54) is 0 Å². The van der Waals surface area contributed by atoms with Gasteiger partial charge in [-0.25, -0.2) is 9.52 Å². The van der Waals surface area contributed by atoms with E-state index in [9.17, 15) is 13.2 Å². The Morgan fingerprint density at radius 1 is 1.48 bits per heavy atom. The van der Waals surface area contributed by atoms with E-state index in [1.807, 2.05) is 6.07 Å². The van der Waals surface area contributed by atoms with Crippen molar-refractivity contribution >= 4 is 32.2 Å². The molecule has 0 fully saturated rings. The highest BCUT2D eigenvalue weighted by Crippen LogP contribution is 2.32. The van der Waals surface area contributed by atoms with Crippen molar-refractivity contribution in [2.45, 2.75) is 19.9 Å². The fourth-order valence-electron chi connectivity index (χ4n) is 1.96. The quantitative estimate of drug-likeness (QED) is 0.808. The molecular formula is C12H15BrN2O5S. The number of rotatable bonds is 5. The highest BCUT2D eigenvalue weighted by atomic mass is 79.9. The topological polar surface area (TPSA) is 93.7 Å². The Kier molecular flexibility index (Phi) is 5.07. The molecule has 1 aliphatic heterocycles. The van der Waals surface area contributed by atoms with E-state index in [4.69, 9.17) is 4.74 Å². The highest BCUT2D eigenvalue weighted by molar-refractivity contribution is 9.10. The van der Waals surface area contributed by atoms with E-state index in [2.05, 4.69) is 25.4 Å². The smallest absolute Gasteiger partial charge is 0.421 e. The monoisotopic (exact) mass is 378 g/mol. The van der Waals surface area contributed by atoms with Gasteiger partial charge in [0.2, 0.25) is 0 Å². The predicted molar refractivity (Wildman–Crippen MR) is 79.3 cm³/mol. The van der Waals surface area contributed by atoms with Crippen LogP contribution in [-0.4, -0.2) is 27.7 Å². The summed E-state index contributed by atoms with van der Waals surface area (Å²) in [6, 6.07) is 3.72. The zero-order valence-corrected chi connectivity index (χ0v) is 13.7. The molecule has 0 saturated heterocycles. The second-order valence-corrected chi connectivity index (χ2v) is 6.71. The highest BCUT2D eigenvalue weighted by Gasteiger charge is 2.20. The molecule has 1 amide bonds. The Bertz CT molecular complexity index is 647. The van der Waals surface area contributed by atoms with Crippen LogP contribution in [0.3, 0.4) is 0 Å². The maximum absolute atomic E-state index is 11.7. The average Bonchev–Trinajstić information content (AvgIpc) is 2.83. The number of carbonyl (C=O) groups excluding carboxylic acids is 1. The van der Waals surface area contributed by atoms with Crippen molar-refractivity contribution in [2.75, 3.05) is 13.2 Å². The Labute approximate surface area is 131 Å². The molecule has 2 N–H and O–H groups in total. The van der Waals surface area contributed by atoms with Gasteiger partial charge < -0.3 is 9.47 Å². The summed E-state index contributed by atoms with van der Waals surface area (Å²) >= 11 is 3.37. The number of hydrogen-bond donors (Lipinski definition) is 2. The summed E-state index contributed by atoms with van der Waals surface area (Å²) in [5, 5.41) is 0. The lowest BCUT2D eigenvalue weighted by Crippen LogP contribution is -2.40. The zero-order valence-electron chi connectivity index (χ0n) is 11.3. The second-order valence-electron chi connectivity index (χ2n) is 4.30. The first-order chi connectivity index (χ1) is 9.91. The van der Waals surface area contributed by atoms with Crippen molar-refractivity contribution < 1.29 is 22.7 Å². The third-order valence-electron chi connectivity index (χ3n) is 2.77. The normalized spacial score (nSPS) is 13.4. The van der Waals surface area contributed by atoms with Crippen molar-refractivity contribution in [3.63, 3.8) is 0 Å². The molecule has 1 aliphatic rings. The summed E-state index contributed by atoms with van der Waals surface area (Å²) in [4.78, 5) is 11.1. The molecule has 21 heavy (non-hydrogen) atoms. The Morgan fingerprint density at radius 3 is 2.95 bits per heavy atom. The number of benzene rings is 1. The molecule has 0 atom stereocenters. The van der Waals surface area contributed by atoms with Gasteiger partial charge in [0.1, 0.15) is 5.75 Å². The zero-order chi connectivity index (χ0) is 15.5. The van der Waals surface area contributed by atoms with E-state index < -0.39 is 16.3 Å². The molecule has 0 bridgehead atoms. The largest absolute Gasteiger partial charge is 0.493 e. The molecule has 0 spiro atoms. The maximum Gasteiger partial charge on any atom is 0.421 e. The average molecular weight is 379 g/mol. The molecule has 0 radical (unpaired) electrons. The van der Waals surface area contributed by atoms with Crippen molar-refractivity contribution in [3.05, 3.63) is 27.7 Å². The first-order valence-electron chi connectivity index (χ1n) is 6.29. The number of halogens is 1. The van der Waals surface area contributed by atoms with Gasteiger partial charge >= 0.3 is 16.3 Å². The van der Waals surface area contributed by atoms with Crippen LogP contribution in [0.15, 0.2) is 16.6 Å². The van der Waals surface area contributed by atoms with E-state index in [1.54, 1.807) is 17.7 Å². The number of ether oxygens (including phenoxy) is 2. The molecular weight excluding hydrogens is 364 g/mol. The summed E-state index contributed by atoms with van der Waals surface area (Å²) < 4.78 is 38.3. The Hall–Kier alpha value is -1.32. The van der Waals surface area contributed by atoms with Gasteiger partial charge in [-0.3, -0.25) is 0 Å². The van der Waals surface area contributed by atoms with Gasteiger partial charge in [0.25, 0.3) is 0 Å². The molecule has 1 aromatic rings. The van der Waals surface area contributed by atoms with Crippen LogP contribution in [-0.2, 0) is 27.9 Å². The Morgan fingerprint density at radius 2 is 2.24 bits per heavy atom. The van der Waals surface area contributed by atoms with E-state index in [-0.39, 0.29) is 13.2 Å². The Balaban J connectivity index is 2.05. The molecule has 0 aliphatic carbocycles. The van der Waals surface area contributed by atoms with Gasteiger partial charge in [-0.15, -0.1) is 0 Å². The minimum Gasteiger partial charge on any atom is -0.493 e. The van der Waals surface area contributed by atoms with Crippen LogP contribution in [0.1, 0.15) is 18.1 Å². The molecule has 0 aromatic heterocycles. The molecule has 1 aromatic carbocycles. The summed E-state index contributed by atoms with van der Waals surface area (Å²) in [5.74, 6) is 0.692. The lowest BCUT2D eigenvalue weighted by molar-refractivity contribution is 0.158. The van der Waals surface area contributed by atoms with Gasteiger partial charge in [-0.05, 0) is 24.6 Å². The summed E-state index contributed by atoms with van der Waals surface area (Å²) in [5.41, 5.74) is 1.73. The standard InChI is InChI=1S/C12H15BrN2O5S/c1-2-19-12(16)15-21(17,18)14-7-9-6-10(13)5-8-3-4-20-11(8)9/h5-6,14H,2-4,7H2,1H3,(H,15,16). The van der Waals surface area contributed by atoms with Crippen LogP contribution in [0.25, 0.3) is 0 Å². The third-order valence-corrected chi connectivity index (χ3v) is 4.19. The SMILES string of the molecule is CCOC(=O)NS(=O)(=O)NCc1cc(Br)cc2c1OCC2. The van der Waals surface area contributed by atoms with Gasteiger partial charge in [-0.1, -0.05) is 15.9 Å². The van der Waals surface area contributed by atoms with Crippen molar-refractivity contribution in [1.29, 1.82) is 0 Å². The van der Waals surface area contributed by atoms with Crippen LogP contribution >= 0.6 is 15.9 Å². The molecule has 0 unspecified atom stereocenters. The van der Waals surface area contributed by atoms with Crippen molar-refractivity contribution in [1.82, 2.24) is 9.44 Å². The number of amides is 1. The van der Waals surface area contributed by atoms with Gasteiger partial charge in [-0.2, -0.15) is 13.1 Å².